The third-order valence-corrected chi connectivity index (χ3v) is 7.57. The number of carbonyl (C=O) groups excluding carboxylic acids is 3. The van der Waals surface area contributed by atoms with Gasteiger partial charge in [0.05, 0.1) is 5.41 Å². The molecule has 3 N–H and O–H groups in total. The minimum absolute atomic E-state index is 0.0344. The number of benzene rings is 2. The van der Waals surface area contributed by atoms with Crippen molar-refractivity contribution in [3.63, 3.8) is 0 Å². The van der Waals surface area contributed by atoms with E-state index in [9.17, 15) is 14.4 Å². The Hall–Kier alpha value is -4.04. The molecule has 2 heterocycles. The summed E-state index contributed by atoms with van der Waals surface area (Å²) in [5, 5.41) is 9.08. The van der Waals surface area contributed by atoms with Gasteiger partial charge in [-0.1, -0.05) is 57.2 Å². The van der Waals surface area contributed by atoms with Crippen LogP contribution in [-0.4, -0.2) is 41.2 Å². The van der Waals surface area contributed by atoms with Crippen LogP contribution in [0.3, 0.4) is 0 Å². The van der Waals surface area contributed by atoms with Crippen LogP contribution < -0.4 is 16.0 Å². The number of nitrogens with zero attached hydrogens (tertiary/aromatic N) is 2. The fourth-order valence-electron chi connectivity index (χ4n) is 5.67. The van der Waals surface area contributed by atoms with E-state index in [1.54, 1.807) is 11.1 Å². The highest BCUT2D eigenvalue weighted by atomic mass is 16.2. The van der Waals surface area contributed by atoms with Crippen molar-refractivity contribution in [3.8, 4) is 0 Å². The Morgan fingerprint density at radius 2 is 1.77 bits per heavy atom. The van der Waals surface area contributed by atoms with Gasteiger partial charge in [-0.15, -0.1) is 0 Å². The Bertz CT molecular complexity index is 1440. The minimum atomic E-state index is -0.661. The van der Waals surface area contributed by atoms with Crippen molar-refractivity contribution < 1.29 is 14.4 Å². The summed E-state index contributed by atoms with van der Waals surface area (Å²) < 4.78 is 0. The molecule has 3 amide bonds. The van der Waals surface area contributed by atoms with E-state index in [1.165, 1.54) is 0 Å². The van der Waals surface area contributed by atoms with Crippen LogP contribution in [0.5, 0.6) is 0 Å². The quantitative estimate of drug-likeness (QED) is 0.435. The molecule has 1 atom stereocenters. The number of nitrogens with one attached hydrogen (secondary N) is 3. The fourth-order valence-corrected chi connectivity index (χ4v) is 5.67. The number of hydrogen-bond donors (Lipinski definition) is 3. The van der Waals surface area contributed by atoms with Gasteiger partial charge in [0.1, 0.15) is 12.4 Å². The lowest BCUT2D eigenvalue weighted by Crippen LogP contribution is -2.43. The van der Waals surface area contributed by atoms with Crippen LogP contribution in [0.15, 0.2) is 60.8 Å². The predicted molar refractivity (Wildman–Crippen MR) is 151 cm³/mol. The summed E-state index contributed by atoms with van der Waals surface area (Å²) in [6, 6.07) is 17.6. The van der Waals surface area contributed by atoms with Gasteiger partial charge >= 0.3 is 0 Å². The summed E-state index contributed by atoms with van der Waals surface area (Å²) >= 11 is 0. The summed E-state index contributed by atoms with van der Waals surface area (Å²) in [6.07, 6.45) is 2.83. The van der Waals surface area contributed by atoms with E-state index >= 15 is 0 Å². The van der Waals surface area contributed by atoms with E-state index in [0.717, 1.165) is 27.8 Å². The first-order valence-electron chi connectivity index (χ1n) is 13.3. The molecule has 0 fully saturated rings. The Balaban J connectivity index is 1.32. The molecule has 5 rings (SSSR count). The Kier molecular flexibility index (Phi) is 6.99. The molecule has 0 unspecified atom stereocenters. The summed E-state index contributed by atoms with van der Waals surface area (Å²) in [5.41, 5.74) is 4.50. The SMILES string of the molecule is CNCc1ccccc1CN(CC(=O)Nc1ccc2c(c1)C[C@@]1(C2)C(=O)Nc2ncccc21)C(=O)C(C)(C)C. The van der Waals surface area contributed by atoms with Crippen LogP contribution in [0.4, 0.5) is 11.5 Å². The van der Waals surface area contributed by atoms with Crippen molar-refractivity contribution in [2.24, 2.45) is 5.41 Å². The average Bonchev–Trinajstić information content (AvgIpc) is 3.41. The second-order valence-corrected chi connectivity index (χ2v) is 11.5. The maximum atomic E-state index is 13.3. The highest BCUT2D eigenvalue weighted by Gasteiger charge is 2.51. The van der Waals surface area contributed by atoms with Crippen LogP contribution in [0, 0.1) is 5.41 Å². The summed E-state index contributed by atoms with van der Waals surface area (Å²) in [5.74, 6) is 0.239. The van der Waals surface area contributed by atoms with Crippen molar-refractivity contribution in [2.75, 3.05) is 24.2 Å². The molecule has 0 saturated carbocycles. The second-order valence-electron chi connectivity index (χ2n) is 11.5. The van der Waals surface area contributed by atoms with Gasteiger partial charge in [0.25, 0.3) is 0 Å². The van der Waals surface area contributed by atoms with E-state index in [0.29, 0.717) is 37.4 Å². The first-order valence-corrected chi connectivity index (χ1v) is 13.3. The van der Waals surface area contributed by atoms with Crippen molar-refractivity contribution in [1.82, 2.24) is 15.2 Å². The molecule has 8 nitrogen and oxygen atoms in total. The van der Waals surface area contributed by atoms with Gasteiger partial charge < -0.3 is 20.9 Å². The highest BCUT2D eigenvalue weighted by molar-refractivity contribution is 6.06. The van der Waals surface area contributed by atoms with E-state index in [2.05, 4.69) is 20.9 Å². The number of fused-ring (bicyclic) bond motifs is 3. The molecule has 1 aliphatic heterocycles. The lowest BCUT2D eigenvalue weighted by molar-refractivity contribution is -0.142. The molecular formula is C31H35N5O3. The third-order valence-electron chi connectivity index (χ3n) is 7.57. The summed E-state index contributed by atoms with van der Waals surface area (Å²) in [4.78, 5) is 45.5. The zero-order valence-electron chi connectivity index (χ0n) is 22.9. The molecule has 8 heteroatoms. The van der Waals surface area contributed by atoms with Crippen LogP contribution in [0.1, 0.15) is 48.6 Å². The van der Waals surface area contributed by atoms with Gasteiger partial charge in [-0.2, -0.15) is 0 Å². The number of pyridine rings is 1. The Morgan fingerprint density at radius 1 is 1.03 bits per heavy atom. The monoisotopic (exact) mass is 525 g/mol. The zero-order chi connectivity index (χ0) is 27.8. The molecule has 2 aliphatic rings. The van der Waals surface area contributed by atoms with E-state index in [1.807, 2.05) is 82.4 Å². The maximum Gasteiger partial charge on any atom is 0.244 e. The number of amides is 3. The number of hydrogen-bond acceptors (Lipinski definition) is 5. The topological polar surface area (TPSA) is 103 Å². The highest BCUT2D eigenvalue weighted by Crippen LogP contribution is 2.46. The van der Waals surface area contributed by atoms with Gasteiger partial charge in [0.2, 0.25) is 17.7 Å². The predicted octanol–water partition coefficient (Wildman–Crippen LogP) is 3.80. The first kappa shape index (κ1) is 26.6. The third kappa shape index (κ3) is 5.16. The van der Waals surface area contributed by atoms with Crippen molar-refractivity contribution >= 4 is 29.2 Å². The molecule has 1 aromatic heterocycles. The van der Waals surface area contributed by atoms with Gasteiger partial charge in [-0.25, -0.2) is 4.98 Å². The van der Waals surface area contributed by atoms with Crippen molar-refractivity contribution in [1.29, 1.82) is 0 Å². The lowest BCUT2D eigenvalue weighted by Gasteiger charge is -2.30. The lowest BCUT2D eigenvalue weighted by atomic mass is 9.79. The normalized spacial score (nSPS) is 17.5. The molecule has 0 bridgehead atoms. The number of aromatic nitrogens is 1. The molecular weight excluding hydrogens is 490 g/mol. The first-order chi connectivity index (χ1) is 18.6. The fraction of sp³-hybridized carbons (Fsp3) is 0.355. The number of rotatable bonds is 7. The Labute approximate surface area is 229 Å². The molecule has 0 saturated heterocycles. The molecule has 202 valence electrons. The molecule has 0 radical (unpaired) electrons. The van der Waals surface area contributed by atoms with Crippen LogP contribution in [0.25, 0.3) is 0 Å². The molecule has 3 aromatic rings. The average molecular weight is 526 g/mol. The number of carbonyl (C=O) groups is 3. The van der Waals surface area contributed by atoms with Gasteiger partial charge in [0, 0.05) is 36.0 Å². The van der Waals surface area contributed by atoms with Crippen molar-refractivity contribution in [2.45, 2.75) is 52.1 Å². The molecule has 1 spiro atoms. The second kappa shape index (κ2) is 10.3. The van der Waals surface area contributed by atoms with Gasteiger partial charge in [0.15, 0.2) is 0 Å². The van der Waals surface area contributed by atoms with E-state index < -0.39 is 10.8 Å². The van der Waals surface area contributed by atoms with Crippen molar-refractivity contribution in [3.05, 3.63) is 88.6 Å². The largest absolute Gasteiger partial charge is 0.329 e. The van der Waals surface area contributed by atoms with Gasteiger partial charge in [-0.05, 0) is 60.3 Å². The standard InChI is InChI=1S/C31H35N5O3/c1-30(2,3)29(39)36(18-22-9-6-5-8-21(22)17-32-4)19-26(37)34-24-12-11-20-15-31(16-23(20)14-24)25-10-7-13-33-27(25)35-28(31)38/h5-14,32H,15-19H2,1-4H3,(H,34,37)(H,33,35,38)/t31-/m1/s1. The van der Waals surface area contributed by atoms with E-state index in [-0.39, 0.29) is 24.3 Å². The van der Waals surface area contributed by atoms with Crippen LogP contribution in [-0.2, 0) is 45.7 Å². The molecule has 2 aromatic carbocycles. The van der Waals surface area contributed by atoms with Crippen LogP contribution in [0.2, 0.25) is 0 Å². The van der Waals surface area contributed by atoms with Gasteiger partial charge in [-0.3, -0.25) is 14.4 Å². The maximum absolute atomic E-state index is 13.3. The minimum Gasteiger partial charge on any atom is -0.329 e. The molecule has 39 heavy (non-hydrogen) atoms. The summed E-state index contributed by atoms with van der Waals surface area (Å²) in [6.45, 7) is 6.55. The Morgan fingerprint density at radius 3 is 2.51 bits per heavy atom. The zero-order valence-corrected chi connectivity index (χ0v) is 22.9. The van der Waals surface area contributed by atoms with Crippen LogP contribution >= 0.6 is 0 Å². The number of anilines is 2. The summed E-state index contributed by atoms with van der Waals surface area (Å²) in [7, 11) is 1.88. The smallest absolute Gasteiger partial charge is 0.244 e. The molecule has 1 aliphatic carbocycles. The van der Waals surface area contributed by atoms with E-state index in [4.69, 9.17) is 0 Å².